The largest absolute Gasteiger partial charge is 0.390 e. The fraction of sp³-hybridized carbons (Fsp3) is 1.00. The van der Waals surface area contributed by atoms with Crippen molar-refractivity contribution in [3.8, 4) is 0 Å². The van der Waals surface area contributed by atoms with E-state index in [-0.39, 0.29) is 30.0 Å². The van der Waals surface area contributed by atoms with Gasteiger partial charge in [-0.15, -0.1) is 0 Å². The van der Waals surface area contributed by atoms with Gasteiger partial charge in [0.25, 0.3) is 0 Å². The number of rotatable bonds is 3. The molecule has 0 spiro atoms. The lowest BCUT2D eigenvalue weighted by molar-refractivity contribution is -0.122. The molecule has 0 radical (unpaired) electrons. The van der Waals surface area contributed by atoms with Gasteiger partial charge in [0.2, 0.25) is 5.92 Å². The second-order valence-electron chi connectivity index (χ2n) is 11.1. The third-order valence-electron chi connectivity index (χ3n) is 6.76. The van der Waals surface area contributed by atoms with E-state index < -0.39 is 5.92 Å². The molecular weight excluding hydrogens is 346 g/mol. The summed E-state index contributed by atoms with van der Waals surface area (Å²) in [7, 11) is 0. The first kappa shape index (κ1) is 24.8. The Bertz CT molecular complexity index is 365. The van der Waals surface area contributed by atoms with Crippen molar-refractivity contribution in [2.45, 2.75) is 111 Å². The highest BCUT2D eigenvalue weighted by Crippen LogP contribution is 2.45. The van der Waals surface area contributed by atoms with Gasteiger partial charge in [-0.25, -0.2) is 8.78 Å². The minimum atomic E-state index is -2.32. The van der Waals surface area contributed by atoms with Crippen molar-refractivity contribution >= 4 is 0 Å². The predicted octanol–water partition coefficient (Wildman–Crippen LogP) is 6.29. The average Bonchev–Trinajstić information content (AvgIpc) is 2.40. The van der Waals surface area contributed by atoms with E-state index in [1.807, 2.05) is 27.7 Å². The first-order valence-electron chi connectivity index (χ1n) is 10.9. The SMILES string of the molecule is CC(C)C1CC(C)(O)C1.CC(C)C1CC(C)(O)C1.CC(C)C1CC(F)(F)C1. The summed E-state index contributed by atoms with van der Waals surface area (Å²) in [4.78, 5) is 0. The van der Waals surface area contributed by atoms with Gasteiger partial charge in [-0.2, -0.15) is 0 Å². The predicted molar refractivity (Wildman–Crippen MR) is 109 cm³/mol. The van der Waals surface area contributed by atoms with E-state index in [0.717, 1.165) is 49.4 Å². The van der Waals surface area contributed by atoms with Crippen LogP contribution in [-0.2, 0) is 0 Å². The van der Waals surface area contributed by atoms with Crippen molar-refractivity contribution in [2.24, 2.45) is 35.5 Å². The molecule has 0 heterocycles. The molecule has 0 unspecified atom stereocenters. The molecule has 3 aliphatic carbocycles. The summed E-state index contributed by atoms with van der Waals surface area (Å²) >= 11 is 0. The summed E-state index contributed by atoms with van der Waals surface area (Å²) in [5.74, 6) is 1.45. The van der Waals surface area contributed by atoms with Gasteiger partial charge >= 0.3 is 0 Å². The Morgan fingerprint density at radius 2 is 0.815 bits per heavy atom. The zero-order valence-corrected chi connectivity index (χ0v) is 18.9. The molecule has 3 fully saturated rings. The van der Waals surface area contributed by atoms with E-state index in [0.29, 0.717) is 5.92 Å². The van der Waals surface area contributed by atoms with Crippen LogP contribution in [0.3, 0.4) is 0 Å². The maximum absolute atomic E-state index is 12.1. The number of alkyl halides is 2. The van der Waals surface area contributed by atoms with Crippen LogP contribution in [0.5, 0.6) is 0 Å². The van der Waals surface area contributed by atoms with Gasteiger partial charge in [0.15, 0.2) is 0 Å². The summed E-state index contributed by atoms with van der Waals surface area (Å²) in [6.07, 6.45) is 4.25. The van der Waals surface area contributed by atoms with E-state index in [4.69, 9.17) is 0 Å². The average molecular weight is 391 g/mol. The molecule has 0 amide bonds. The van der Waals surface area contributed by atoms with E-state index in [1.54, 1.807) is 0 Å². The highest BCUT2D eigenvalue weighted by molar-refractivity contribution is 4.92. The minimum absolute atomic E-state index is 0.116. The molecule has 2 N–H and O–H groups in total. The fourth-order valence-corrected chi connectivity index (χ4v) is 4.26. The highest BCUT2D eigenvalue weighted by atomic mass is 19.3. The molecule has 27 heavy (non-hydrogen) atoms. The van der Waals surface area contributed by atoms with Crippen molar-refractivity contribution < 1.29 is 19.0 Å². The van der Waals surface area contributed by atoms with Gasteiger partial charge < -0.3 is 10.2 Å². The third-order valence-corrected chi connectivity index (χ3v) is 6.76. The standard InChI is InChI=1S/2C8H16O.C7H12F2/c2*1-6(2)7-4-8(3,9)5-7;1-5(2)6-3-7(8,9)4-6/h2*6-7,9H,4-5H2,1-3H3;5-6H,3-4H2,1-2H3. The zero-order chi connectivity index (χ0) is 21.2. The molecule has 0 aliphatic heterocycles. The van der Waals surface area contributed by atoms with Crippen LogP contribution in [0.1, 0.15) is 93.9 Å². The molecule has 0 aromatic rings. The lowest BCUT2D eigenvalue weighted by atomic mass is 9.67. The van der Waals surface area contributed by atoms with Crippen LogP contribution in [0.4, 0.5) is 8.78 Å². The van der Waals surface area contributed by atoms with Crippen LogP contribution in [0.25, 0.3) is 0 Å². The number of halogens is 2. The van der Waals surface area contributed by atoms with Crippen LogP contribution >= 0.6 is 0 Å². The Balaban J connectivity index is 0.000000202. The summed E-state index contributed by atoms with van der Waals surface area (Å²) < 4.78 is 24.3. The van der Waals surface area contributed by atoms with E-state index in [9.17, 15) is 19.0 Å². The van der Waals surface area contributed by atoms with Crippen LogP contribution in [0, 0.1) is 35.5 Å². The molecule has 0 aromatic carbocycles. The van der Waals surface area contributed by atoms with Crippen molar-refractivity contribution in [1.29, 1.82) is 0 Å². The fourth-order valence-electron chi connectivity index (χ4n) is 4.26. The molecule has 0 saturated heterocycles. The van der Waals surface area contributed by atoms with Crippen molar-refractivity contribution in [1.82, 2.24) is 0 Å². The third kappa shape index (κ3) is 8.35. The Morgan fingerprint density at radius 1 is 0.593 bits per heavy atom. The molecule has 3 rings (SSSR count). The van der Waals surface area contributed by atoms with Gasteiger partial charge in [0.05, 0.1) is 11.2 Å². The van der Waals surface area contributed by atoms with Crippen molar-refractivity contribution in [2.75, 3.05) is 0 Å². The normalized spacial score (nSPS) is 37.4. The minimum Gasteiger partial charge on any atom is -0.390 e. The topological polar surface area (TPSA) is 40.5 Å². The van der Waals surface area contributed by atoms with Gasteiger partial charge in [-0.1, -0.05) is 41.5 Å². The van der Waals surface area contributed by atoms with E-state index >= 15 is 0 Å². The van der Waals surface area contributed by atoms with E-state index in [1.165, 1.54) is 0 Å². The monoisotopic (exact) mass is 390 g/mol. The second kappa shape index (κ2) is 9.07. The summed E-state index contributed by atoms with van der Waals surface area (Å²) in [5, 5.41) is 18.7. The molecule has 2 nitrogen and oxygen atoms in total. The van der Waals surface area contributed by atoms with Gasteiger partial charge in [0, 0.05) is 12.8 Å². The van der Waals surface area contributed by atoms with E-state index in [2.05, 4.69) is 27.7 Å². The number of hydrogen-bond donors (Lipinski definition) is 2. The maximum atomic E-state index is 12.1. The maximum Gasteiger partial charge on any atom is 0.248 e. The first-order valence-corrected chi connectivity index (χ1v) is 10.9. The summed E-state index contributed by atoms with van der Waals surface area (Å²) in [6.45, 7) is 16.7. The molecular formula is C23H44F2O2. The van der Waals surface area contributed by atoms with Crippen LogP contribution < -0.4 is 0 Å². The zero-order valence-electron chi connectivity index (χ0n) is 18.9. The molecule has 162 valence electrons. The van der Waals surface area contributed by atoms with Crippen molar-refractivity contribution in [3.63, 3.8) is 0 Å². The molecule has 0 atom stereocenters. The Morgan fingerprint density at radius 3 is 0.889 bits per heavy atom. The van der Waals surface area contributed by atoms with Crippen LogP contribution in [-0.4, -0.2) is 27.3 Å². The Hall–Kier alpha value is -0.220. The first-order chi connectivity index (χ1) is 12.0. The van der Waals surface area contributed by atoms with Crippen LogP contribution in [0.2, 0.25) is 0 Å². The second-order valence-corrected chi connectivity index (χ2v) is 11.1. The number of aliphatic hydroxyl groups is 2. The van der Waals surface area contributed by atoms with Crippen LogP contribution in [0.15, 0.2) is 0 Å². The Labute approximate surface area is 166 Å². The number of hydrogen-bond acceptors (Lipinski definition) is 2. The molecule has 3 saturated carbocycles. The Kier molecular flexibility index (Phi) is 8.34. The molecule has 3 aliphatic rings. The smallest absolute Gasteiger partial charge is 0.248 e. The molecule has 0 aromatic heterocycles. The molecule has 4 heteroatoms. The van der Waals surface area contributed by atoms with Gasteiger partial charge in [0.1, 0.15) is 0 Å². The summed E-state index contributed by atoms with van der Waals surface area (Å²) in [6, 6.07) is 0. The van der Waals surface area contributed by atoms with Gasteiger partial charge in [-0.3, -0.25) is 0 Å². The van der Waals surface area contributed by atoms with Crippen molar-refractivity contribution in [3.05, 3.63) is 0 Å². The lowest BCUT2D eigenvalue weighted by Crippen LogP contribution is -2.42. The summed E-state index contributed by atoms with van der Waals surface area (Å²) in [5.41, 5.74) is -0.649. The molecule has 0 bridgehead atoms. The quantitative estimate of drug-likeness (QED) is 0.594. The lowest BCUT2D eigenvalue weighted by Gasteiger charge is -2.43. The highest BCUT2D eigenvalue weighted by Gasteiger charge is 2.46. The van der Waals surface area contributed by atoms with Gasteiger partial charge in [-0.05, 0) is 75.0 Å².